The first-order valence-electron chi connectivity index (χ1n) is 17.1. The molecule has 2 unspecified atom stereocenters. The molecule has 0 heterocycles. The average molecular weight is 1010 g/mol. The van der Waals surface area contributed by atoms with Crippen molar-refractivity contribution in [1.82, 2.24) is 0 Å². The Balaban J connectivity index is 1.67. The predicted molar refractivity (Wildman–Crippen MR) is 188 cm³/mol. The van der Waals surface area contributed by atoms with E-state index in [0.717, 1.165) is 36.4 Å². The summed E-state index contributed by atoms with van der Waals surface area (Å²) in [5.41, 5.74) is -15.9. The van der Waals surface area contributed by atoms with E-state index in [1.807, 2.05) is 0 Å². The van der Waals surface area contributed by atoms with Crippen LogP contribution in [0.25, 0.3) is 34.4 Å². The third kappa shape index (κ3) is 7.99. The molecule has 0 radical (unpaired) electrons. The summed E-state index contributed by atoms with van der Waals surface area (Å²) in [5, 5.41) is 0. The first-order chi connectivity index (χ1) is 27.1. The van der Waals surface area contributed by atoms with Crippen LogP contribution in [0.5, 0.6) is 0 Å². The summed E-state index contributed by atoms with van der Waals surface area (Å²) in [5.74, 6) is -3.40. The van der Waals surface area contributed by atoms with Gasteiger partial charge in [-0.3, -0.25) is 0 Å². The van der Waals surface area contributed by atoms with Gasteiger partial charge in [0.05, 0.1) is 0 Å². The van der Waals surface area contributed by atoms with E-state index in [-0.39, 0.29) is 36.4 Å². The molecule has 0 amide bonds. The summed E-state index contributed by atoms with van der Waals surface area (Å²) < 4.78 is 254. The summed E-state index contributed by atoms with van der Waals surface area (Å²) >= 11 is -7.32. The number of allylic oxidation sites excluding steroid dienone is 2. The molecule has 0 spiro atoms. The van der Waals surface area contributed by atoms with Gasteiger partial charge < -0.3 is 0 Å². The Bertz CT molecular complexity index is 2220. The third-order valence-corrected chi connectivity index (χ3v) is 62.3. The molecule has 0 bridgehead atoms. The van der Waals surface area contributed by atoms with Gasteiger partial charge in [0, 0.05) is 0 Å². The van der Waals surface area contributed by atoms with Gasteiger partial charge in [0.2, 0.25) is 0 Å². The molecule has 4 aromatic carbocycles. The second-order valence-electron chi connectivity index (χ2n) is 14.6. The number of halogens is 20. The van der Waals surface area contributed by atoms with Crippen molar-refractivity contribution in [3.63, 3.8) is 0 Å². The molecule has 60 heavy (non-hydrogen) atoms. The molecular formula is C38H23Cl2F18SiZr. The van der Waals surface area contributed by atoms with Gasteiger partial charge in [0.1, 0.15) is 0 Å². The van der Waals surface area contributed by atoms with E-state index in [9.17, 15) is 52.7 Å². The fraction of sp³-hybridized carbons (Fsp3) is 0.263. The molecule has 2 atom stereocenters. The van der Waals surface area contributed by atoms with E-state index in [1.165, 1.54) is 13.1 Å². The molecule has 0 saturated carbocycles. The monoisotopic (exact) mass is 1010 g/mol. The number of fused-ring (bicyclic) bond motifs is 2. The fourth-order valence-corrected chi connectivity index (χ4v) is 38.1. The van der Waals surface area contributed by atoms with Crippen molar-refractivity contribution in [3.8, 4) is 22.3 Å². The van der Waals surface area contributed by atoms with E-state index in [4.69, 9.17) is 17.0 Å². The topological polar surface area (TPSA) is 0 Å². The second kappa shape index (κ2) is 14.4. The summed E-state index contributed by atoms with van der Waals surface area (Å²) in [7, 11) is 15.0. The van der Waals surface area contributed by atoms with Gasteiger partial charge in [-0.1, -0.05) is 0 Å². The van der Waals surface area contributed by atoms with Gasteiger partial charge in [-0.05, 0) is 0 Å². The number of rotatable bonds is 5. The molecule has 2 aliphatic carbocycles. The van der Waals surface area contributed by atoms with Gasteiger partial charge in [-0.25, -0.2) is 0 Å². The zero-order chi connectivity index (χ0) is 45.2. The van der Waals surface area contributed by atoms with Crippen LogP contribution in [-0.2, 0) is 40.3 Å². The third-order valence-electron chi connectivity index (χ3n) is 10.8. The summed E-state index contributed by atoms with van der Waals surface area (Å²) in [4.78, 5) is 0. The number of benzene rings is 4. The molecule has 0 saturated heterocycles. The molecule has 0 fully saturated rings. The standard InChI is InChI=1S/2C18H8F9.C2H7Si.2ClH.Zr/c2*19-16(20,21)11-5-10(6-12(7-11)17(22,23)24)14-3-1-2-9-4-13(8-15(9)14)18(25,26)27;1-3-2;;;/h2*1-8H;3H,1-2H3;2*1H;/q;;;;;+2/p-2. The van der Waals surface area contributed by atoms with Crippen molar-refractivity contribution in [3.05, 3.63) is 128 Å². The summed E-state index contributed by atoms with van der Waals surface area (Å²) in [6.45, 7) is 2.50. The Kier molecular flexibility index (Phi) is 11.1. The Labute approximate surface area is 336 Å². The van der Waals surface area contributed by atoms with Crippen LogP contribution in [0.4, 0.5) is 79.0 Å². The van der Waals surface area contributed by atoms with E-state index >= 15 is 26.3 Å². The first kappa shape index (κ1) is 46.3. The van der Waals surface area contributed by atoms with Crippen LogP contribution in [0.1, 0.15) is 51.8 Å². The average Bonchev–Trinajstić information content (AvgIpc) is 3.71. The second-order valence-corrected chi connectivity index (χ2v) is 57.2. The maximum atomic E-state index is 15.3. The van der Waals surface area contributed by atoms with Crippen LogP contribution in [0.2, 0.25) is 13.1 Å². The molecule has 323 valence electrons. The first-order valence-corrected chi connectivity index (χ1v) is 33.4. The molecule has 0 N–H and O–H groups in total. The molecule has 4 aromatic rings. The molecule has 0 aliphatic heterocycles. The SMILES string of the molecule is C[SiH](C)[Zr]([Cl])([Cl])([CH]1C(C(F)(F)F)=Cc2c(-c3cc(C(F)(F)F)cc(C(F)(F)F)c3)cccc21)[CH]1C(C(F)(F)F)=Cc2c(-c3cc(C(F)(F)F)cc(C(F)(F)F)c3)cccc21. The van der Waals surface area contributed by atoms with Crippen molar-refractivity contribution in [2.45, 2.75) is 57.4 Å². The Morgan fingerprint density at radius 1 is 0.433 bits per heavy atom. The van der Waals surface area contributed by atoms with Crippen molar-refractivity contribution in [2.75, 3.05) is 0 Å². The Morgan fingerprint density at radius 2 is 0.717 bits per heavy atom. The normalized spacial score (nSPS) is 18.6. The number of hydrogen-bond acceptors (Lipinski definition) is 0. The van der Waals surface area contributed by atoms with Crippen molar-refractivity contribution >= 4 is 35.1 Å². The van der Waals surface area contributed by atoms with Gasteiger partial charge >= 0.3 is 338 Å². The zero-order valence-electron chi connectivity index (χ0n) is 29.9. The molecule has 6 rings (SSSR count). The molecule has 0 nitrogen and oxygen atoms in total. The van der Waals surface area contributed by atoms with Gasteiger partial charge in [-0.2, -0.15) is 0 Å². The van der Waals surface area contributed by atoms with Crippen LogP contribution in [-0.4, -0.2) is 18.3 Å². The van der Waals surface area contributed by atoms with Crippen LogP contribution >= 0.6 is 17.0 Å². The molecule has 0 aromatic heterocycles. The number of hydrogen-bond donors (Lipinski definition) is 0. The molecular weight excluding hydrogens is 989 g/mol. The quantitative estimate of drug-likeness (QED) is 0.138. The van der Waals surface area contributed by atoms with Crippen LogP contribution in [0, 0.1) is 0 Å². The Morgan fingerprint density at radius 3 is 0.950 bits per heavy atom. The predicted octanol–water partition coefficient (Wildman–Crippen LogP) is 15.8. The molecule has 2 aliphatic rings. The van der Waals surface area contributed by atoms with Crippen molar-refractivity contribution in [2.24, 2.45) is 0 Å². The minimum atomic E-state index is -7.32. The number of alkyl halides is 18. The van der Waals surface area contributed by atoms with Crippen LogP contribution < -0.4 is 0 Å². The summed E-state index contributed by atoms with van der Waals surface area (Å²) in [6, 6.07) is 6.21. The van der Waals surface area contributed by atoms with E-state index < -0.39 is 144 Å². The van der Waals surface area contributed by atoms with Crippen LogP contribution in [0.15, 0.2) is 83.9 Å². The minimum absolute atomic E-state index is 0.217. The fourth-order valence-electron chi connectivity index (χ4n) is 8.04. The zero-order valence-corrected chi connectivity index (χ0v) is 35.0. The van der Waals surface area contributed by atoms with E-state index in [2.05, 4.69) is 0 Å². The van der Waals surface area contributed by atoms with Crippen molar-refractivity contribution < 1.29 is 94.6 Å². The molecule has 22 heteroatoms. The van der Waals surface area contributed by atoms with Gasteiger partial charge in [-0.15, -0.1) is 0 Å². The van der Waals surface area contributed by atoms with E-state index in [0.29, 0.717) is 12.2 Å². The van der Waals surface area contributed by atoms with E-state index in [1.54, 1.807) is 0 Å². The van der Waals surface area contributed by atoms with Crippen molar-refractivity contribution in [1.29, 1.82) is 0 Å². The van der Waals surface area contributed by atoms with Gasteiger partial charge in [0.25, 0.3) is 0 Å². The summed E-state index contributed by atoms with van der Waals surface area (Å²) in [6.07, 6.45) is -31.8. The van der Waals surface area contributed by atoms with Gasteiger partial charge in [0.15, 0.2) is 0 Å². The van der Waals surface area contributed by atoms with Crippen LogP contribution in [0.3, 0.4) is 0 Å². The maximum absolute atomic E-state index is 15.3. The Hall–Kier alpha value is -3.22.